The molecule has 31 heavy (non-hydrogen) atoms. The number of Topliss-reactive ketones (excluding diaryl/α,β-unsaturated/α-hetero) is 1. The van der Waals surface area contributed by atoms with Crippen molar-refractivity contribution in [3.05, 3.63) is 71.0 Å². The van der Waals surface area contributed by atoms with Crippen LogP contribution in [0.4, 0.5) is 4.39 Å². The summed E-state index contributed by atoms with van der Waals surface area (Å²) in [4.78, 5) is 27.1. The minimum absolute atomic E-state index is 0.0217. The summed E-state index contributed by atoms with van der Waals surface area (Å²) in [6, 6.07) is 11.3. The van der Waals surface area contributed by atoms with Crippen LogP contribution in [0.1, 0.15) is 37.4 Å². The molecule has 0 radical (unpaired) electrons. The summed E-state index contributed by atoms with van der Waals surface area (Å²) in [5, 5.41) is 11.0. The average Bonchev–Trinajstić information content (AvgIpc) is 3.01. The van der Waals surface area contributed by atoms with E-state index in [0.717, 1.165) is 0 Å². The fourth-order valence-electron chi connectivity index (χ4n) is 3.56. The maximum absolute atomic E-state index is 13.5. The van der Waals surface area contributed by atoms with Gasteiger partial charge in [-0.05, 0) is 62.2 Å². The topological polar surface area (TPSA) is 76.1 Å². The van der Waals surface area contributed by atoms with Crippen LogP contribution in [0, 0.1) is 5.82 Å². The molecule has 0 spiro atoms. The Labute approximate surface area is 180 Å². The summed E-state index contributed by atoms with van der Waals surface area (Å²) in [5.74, 6) is -1.59. The number of methoxy groups -OCH3 is 1. The first kappa shape index (κ1) is 22.5. The minimum Gasteiger partial charge on any atom is -0.507 e. The largest absolute Gasteiger partial charge is 0.507 e. The average molecular weight is 427 g/mol. The third-order valence-electron chi connectivity index (χ3n) is 5.08. The molecule has 1 saturated heterocycles. The van der Waals surface area contributed by atoms with E-state index in [9.17, 15) is 19.1 Å². The molecule has 0 aromatic heterocycles. The van der Waals surface area contributed by atoms with Gasteiger partial charge in [0.1, 0.15) is 17.3 Å². The van der Waals surface area contributed by atoms with Gasteiger partial charge in [0, 0.05) is 18.7 Å². The Bertz CT molecular complexity index is 966. The number of nitrogens with zero attached hydrogens (tertiary/aromatic N) is 1. The predicted octanol–water partition coefficient (Wildman–Crippen LogP) is 4.07. The number of carbonyl (C=O) groups is 2. The number of hydrogen-bond acceptors (Lipinski definition) is 5. The Morgan fingerprint density at radius 3 is 2.32 bits per heavy atom. The Balaban J connectivity index is 2.01. The van der Waals surface area contributed by atoms with E-state index in [4.69, 9.17) is 9.47 Å². The molecule has 1 N–H and O–H groups in total. The van der Waals surface area contributed by atoms with Crippen molar-refractivity contribution in [1.82, 2.24) is 4.90 Å². The number of amides is 1. The first-order valence-corrected chi connectivity index (χ1v) is 10.1. The van der Waals surface area contributed by atoms with Crippen LogP contribution >= 0.6 is 0 Å². The predicted molar refractivity (Wildman–Crippen MR) is 114 cm³/mol. The van der Waals surface area contributed by atoms with Gasteiger partial charge in [-0.1, -0.05) is 12.1 Å². The van der Waals surface area contributed by atoms with Crippen molar-refractivity contribution in [3.8, 4) is 5.75 Å². The van der Waals surface area contributed by atoms with Crippen LogP contribution in [0.3, 0.4) is 0 Å². The number of ketones is 1. The second-order valence-electron chi connectivity index (χ2n) is 7.55. The van der Waals surface area contributed by atoms with Crippen molar-refractivity contribution in [2.75, 3.05) is 20.3 Å². The Hall–Kier alpha value is -3.19. The van der Waals surface area contributed by atoms with Gasteiger partial charge in [-0.2, -0.15) is 0 Å². The molecule has 1 aliphatic rings. The molecule has 0 aliphatic carbocycles. The SMILES string of the molecule is COc1ccc(/C(O)=C2/C(=O)C(=O)N(CCCOC(C)C)C2c2ccc(F)cc2)cc1. The van der Waals surface area contributed by atoms with Crippen molar-refractivity contribution in [2.24, 2.45) is 0 Å². The molecule has 3 rings (SSSR count). The van der Waals surface area contributed by atoms with Gasteiger partial charge >= 0.3 is 0 Å². The lowest BCUT2D eigenvalue weighted by Gasteiger charge is -2.25. The second kappa shape index (κ2) is 9.75. The highest BCUT2D eigenvalue weighted by molar-refractivity contribution is 6.46. The Morgan fingerprint density at radius 1 is 1.10 bits per heavy atom. The Morgan fingerprint density at radius 2 is 1.74 bits per heavy atom. The van der Waals surface area contributed by atoms with Crippen LogP contribution in [-0.4, -0.2) is 48.1 Å². The molecule has 0 saturated carbocycles. The molecule has 2 aromatic carbocycles. The molecule has 7 heteroatoms. The Kier molecular flexibility index (Phi) is 7.07. The maximum atomic E-state index is 13.5. The zero-order valence-corrected chi connectivity index (χ0v) is 17.8. The fourth-order valence-corrected chi connectivity index (χ4v) is 3.56. The summed E-state index contributed by atoms with van der Waals surface area (Å²) in [6.45, 7) is 4.52. The maximum Gasteiger partial charge on any atom is 0.295 e. The number of ether oxygens (including phenoxy) is 2. The lowest BCUT2D eigenvalue weighted by Crippen LogP contribution is -2.31. The number of aliphatic hydroxyl groups excluding tert-OH is 1. The molecule has 1 amide bonds. The van der Waals surface area contributed by atoms with Gasteiger partial charge in [-0.3, -0.25) is 9.59 Å². The first-order chi connectivity index (χ1) is 14.8. The highest BCUT2D eigenvalue weighted by Crippen LogP contribution is 2.39. The standard InChI is InChI=1S/C24H26FNO5/c1-15(2)31-14-4-13-26-21(16-5-9-18(25)10-6-16)20(23(28)24(26)29)22(27)17-7-11-19(30-3)12-8-17/h5-12,15,21,27H,4,13-14H2,1-3H3/b22-20-. The van der Waals surface area contributed by atoms with E-state index in [1.54, 1.807) is 24.3 Å². The molecule has 1 atom stereocenters. The molecule has 1 fully saturated rings. The van der Waals surface area contributed by atoms with Gasteiger partial charge in [0.2, 0.25) is 0 Å². The molecule has 1 heterocycles. The first-order valence-electron chi connectivity index (χ1n) is 10.1. The van der Waals surface area contributed by atoms with E-state index >= 15 is 0 Å². The number of hydrogen-bond donors (Lipinski definition) is 1. The van der Waals surface area contributed by atoms with E-state index in [1.807, 2.05) is 13.8 Å². The quantitative estimate of drug-likeness (QED) is 0.297. The molecular weight excluding hydrogens is 401 g/mol. The van der Waals surface area contributed by atoms with E-state index in [2.05, 4.69) is 0 Å². The number of rotatable bonds is 8. The monoisotopic (exact) mass is 427 g/mol. The van der Waals surface area contributed by atoms with Gasteiger partial charge in [-0.25, -0.2) is 4.39 Å². The van der Waals surface area contributed by atoms with Crippen LogP contribution in [0.5, 0.6) is 5.75 Å². The third kappa shape index (κ3) is 4.94. The van der Waals surface area contributed by atoms with E-state index in [0.29, 0.717) is 29.9 Å². The van der Waals surface area contributed by atoms with Gasteiger partial charge < -0.3 is 19.5 Å². The van der Waals surface area contributed by atoms with Crippen LogP contribution in [0.25, 0.3) is 5.76 Å². The van der Waals surface area contributed by atoms with Crippen molar-refractivity contribution in [2.45, 2.75) is 32.4 Å². The molecule has 0 bridgehead atoms. The number of likely N-dealkylation sites (tertiary alicyclic amines) is 1. The highest BCUT2D eigenvalue weighted by Gasteiger charge is 2.45. The molecule has 1 unspecified atom stereocenters. The number of halogens is 1. The normalized spacial score (nSPS) is 18.1. The number of benzene rings is 2. The lowest BCUT2D eigenvalue weighted by atomic mass is 9.95. The summed E-state index contributed by atoms with van der Waals surface area (Å²) in [6.07, 6.45) is 0.573. The van der Waals surface area contributed by atoms with E-state index < -0.39 is 23.5 Å². The zero-order chi connectivity index (χ0) is 22.5. The van der Waals surface area contributed by atoms with Crippen LogP contribution in [0.2, 0.25) is 0 Å². The molecular formula is C24H26FNO5. The van der Waals surface area contributed by atoms with E-state index in [1.165, 1.54) is 36.3 Å². The molecule has 2 aromatic rings. The van der Waals surface area contributed by atoms with Gasteiger partial charge in [0.25, 0.3) is 11.7 Å². The van der Waals surface area contributed by atoms with Crippen LogP contribution < -0.4 is 4.74 Å². The van der Waals surface area contributed by atoms with Gasteiger partial charge in [0.05, 0.1) is 24.8 Å². The minimum atomic E-state index is -0.818. The zero-order valence-electron chi connectivity index (χ0n) is 17.8. The summed E-state index contributed by atoms with van der Waals surface area (Å²) in [7, 11) is 1.53. The van der Waals surface area contributed by atoms with Crippen LogP contribution in [0.15, 0.2) is 54.1 Å². The second-order valence-corrected chi connectivity index (χ2v) is 7.55. The van der Waals surface area contributed by atoms with E-state index in [-0.39, 0.29) is 24.0 Å². The van der Waals surface area contributed by atoms with Crippen molar-refractivity contribution < 1.29 is 28.6 Å². The van der Waals surface area contributed by atoms with Crippen LogP contribution in [-0.2, 0) is 14.3 Å². The summed E-state index contributed by atoms with van der Waals surface area (Å²) in [5.41, 5.74) is 0.904. The lowest BCUT2D eigenvalue weighted by molar-refractivity contribution is -0.140. The third-order valence-corrected chi connectivity index (χ3v) is 5.08. The molecule has 164 valence electrons. The summed E-state index contributed by atoms with van der Waals surface area (Å²) < 4.78 is 24.2. The molecule has 1 aliphatic heterocycles. The fraction of sp³-hybridized carbons (Fsp3) is 0.333. The van der Waals surface area contributed by atoms with Gasteiger partial charge in [-0.15, -0.1) is 0 Å². The van der Waals surface area contributed by atoms with Crippen molar-refractivity contribution in [1.29, 1.82) is 0 Å². The van der Waals surface area contributed by atoms with Crippen molar-refractivity contribution in [3.63, 3.8) is 0 Å². The number of aliphatic hydroxyl groups is 1. The highest BCUT2D eigenvalue weighted by atomic mass is 19.1. The molecule has 6 nitrogen and oxygen atoms in total. The number of carbonyl (C=O) groups excluding carboxylic acids is 2. The van der Waals surface area contributed by atoms with Gasteiger partial charge in [0.15, 0.2) is 0 Å². The van der Waals surface area contributed by atoms with Crippen molar-refractivity contribution >= 4 is 17.4 Å². The summed E-state index contributed by atoms with van der Waals surface area (Å²) >= 11 is 0. The smallest absolute Gasteiger partial charge is 0.295 e.